The first-order chi connectivity index (χ1) is 4.79. The van der Waals surface area contributed by atoms with Gasteiger partial charge in [0.1, 0.15) is 5.52 Å². The highest BCUT2D eigenvalue weighted by Crippen LogP contribution is 2.23. The summed E-state index contributed by atoms with van der Waals surface area (Å²) in [5.74, 6) is 0.308. The maximum absolute atomic E-state index is 9.23. The third kappa shape index (κ3) is 0.492. The van der Waals surface area contributed by atoms with Gasteiger partial charge in [-0.05, 0) is 6.07 Å². The van der Waals surface area contributed by atoms with Gasteiger partial charge in [-0.2, -0.15) is 0 Å². The number of H-pyrrole nitrogens is 1. The Morgan fingerprint density at radius 3 is 3.10 bits per heavy atom. The molecule has 0 atom stereocenters. The first-order valence-corrected chi connectivity index (χ1v) is 3.10. The predicted octanol–water partition coefficient (Wildman–Crippen LogP) is 1.21. The molecule has 52 valence electrons. The number of nitrogens with zero attached hydrogens (tertiary/aromatic N) is 1. The van der Waals surface area contributed by atoms with Gasteiger partial charge in [0.2, 0.25) is 0 Å². The maximum atomic E-state index is 9.23. The lowest BCUT2D eigenvalue weighted by molar-refractivity contribution is 0.478. The third-order valence-corrected chi connectivity index (χ3v) is 1.68. The molecule has 2 rings (SSSR count). The predicted molar refractivity (Wildman–Crippen MR) is 38.9 cm³/mol. The summed E-state index contributed by atoms with van der Waals surface area (Å²) in [7, 11) is 1.90. The number of aryl methyl sites for hydroxylation is 1. The van der Waals surface area contributed by atoms with E-state index in [0.717, 1.165) is 11.0 Å². The summed E-state index contributed by atoms with van der Waals surface area (Å²) in [4.78, 5) is 2.94. The standard InChI is InChI=1S/C7H8N2O/c1-9-4-6(10)7-5(9)2-3-8-7/h2-4,8,10H,1H3. The van der Waals surface area contributed by atoms with E-state index in [0.29, 0.717) is 5.75 Å². The van der Waals surface area contributed by atoms with Gasteiger partial charge >= 0.3 is 0 Å². The van der Waals surface area contributed by atoms with E-state index in [9.17, 15) is 5.11 Å². The van der Waals surface area contributed by atoms with Crippen LogP contribution in [0.1, 0.15) is 0 Å². The van der Waals surface area contributed by atoms with E-state index in [1.165, 1.54) is 0 Å². The molecule has 0 aliphatic rings. The van der Waals surface area contributed by atoms with Gasteiger partial charge in [-0.15, -0.1) is 0 Å². The lowest BCUT2D eigenvalue weighted by atomic mass is 10.5. The normalized spacial score (nSPS) is 10.9. The van der Waals surface area contributed by atoms with Crippen LogP contribution in [0.25, 0.3) is 11.0 Å². The van der Waals surface area contributed by atoms with Crippen molar-refractivity contribution in [3.05, 3.63) is 18.5 Å². The highest BCUT2D eigenvalue weighted by Gasteiger charge is 2.03. The van der Waals surface area contributed by atoms with E-state index < -0.39 is 0 Å². The minimum Gasteiger partial charge on any atom is -0.504 e. The molecule has 0 aromatic carbocycles. The average molecular weight is 136 g/mol. The van der Waals surface area contributed by atoms with Crippen molar-refractivity contribution in [1.29, 1.82) is 0 Å². The largest absolute Gasteiger partial charge is 0.504 e. The van der Waals surface area contributed by atoms with Gasteiger partial charge in [0.15, 0.2) is 5.75 Å². The maximum Gasteiger partial charge on any atom is 0.157 e. The van der Waals surface area contributed by atoms with Crippen LogP contribution < -0.4 is 0 Å². The fourth-order valence-electron chi connectivity index (χ4n) is 1.18. The van der Waals surface area contributed by atoms with Crippen LogP contribution in [0.5, 0.6) is 5.75 Å². The zero-order valence-corrected chi connectivity index (χ0v) is 5.63. The molecule has 0 aliphatic carbocycles. The van der Waals surface area contributed by atoms with Gasteiger partial charge < -0.3 is 14.7 Å². The van der Waals surface area contributed by atoms with Crippen molar-refractivity contribution in [3.8, 4) is 5.75 Å². The molecule has 0 amide bonds. The van der Waals surface area contributed by atoms with Gasteiger partial charge in [0, 0.05) is 19.4 Å². The molecule has 0 bridgehead atoms. The summed E-state index contributed by atoms with van der Waals surface area (Å²) in [5.41, 5.74) is 1.83. The monoisotopic (exact) mass is 136 g/mol. The number of aromatic nitrogens is 2. The zero-order valence-electron chi connectivity index (χ0n) is 5.63. The van der Waals surface area contributed by atoms with Gasteiger partial charge in [-0.1, -0.05) is 0 Å². The molecule has 2 heterocycles. The van der Waals surface area contributed by atoms with Crippen LogP contribution in [0.2, 0.25) is 0 Å². The second kappa shape index (κ2) is 1.56. The molecule has 0 spiro atoms. The molecule has 0 aliphatic heterocycles. The number of rotatable bonds is 0. The van der Waals surface area contributed by atoms with Crippen LogP contribution in [-0.2, 0) is 7.05 Å². The molecule has 2 N–H and O–H groups in total. The van der Waals surface area contributed by atoms with E-state index in [4.69, 9.17) is 0 Å². The Labute approximate surface area is 57.9 Å². The Morgan fingerprint density at radius 1 is 1.60 bits per heavy atom. The van der Waals surface area contributed by atoms with Crippen LogP contribution in [0.3, 0.4) is 0 Å². The lowest BCUT2D eigenvalue weighted by Gasteiger charge is -1.85. The Kier molecular flexibility index (Phi) is 0.845. The van der Waals surface area contributed by atoms with Crippen molar-refractivity contribution in [3.63, 3.8) is 0 Å². The molecule has 2 aromatic heterocycles. The summed E-state index contributed by atoms with van der Waals surface area (Å²) >= 11 is 0. The number of hydrogen-bond acceptors (Lipinski definition) is 1. The van der Waals surface area contributed by atoms with Crippen LogP contribution in [-0.4, -0.2) is 14.7 Å². The molecular weight excluding hydrogens is 128 g/mol. The summed E-state index contributed by atoms with van der Waals surface area (Å²) in [6.07, 6.45) is 3.49. The molecule has 2 aromatic rings. The molecule has 0 unspecified atom stereocenters. The number of hydrogen-bond donors (Lipinski definition) is 2. The first kappa shape index (κ1) is 5.41. The third-order valence-electron chi connectivity index (χ3n) is 1.68. The van der Waals surface area contributed by atoms with E-state index >= 15 is 0 Å². The summed E-state index contributed by atoms with van der Waals surface area (Å²) in [6.45, 7) is 0. The van der Waals surface area contributed by atoms with Gasteiger partial charge in [0.05, 0.1) is 5.52 Å². The lowest BCUT2D eigenvalue weighted by Crippen LogP contribution is -1.79. The van der Waals surface area contributed by atoms with E-state index in [1.54, 1.807) is 6.20 Å². The van der Waals surface area contributed by atoms with E-state index in [1.807, 2.05) is 23.9 Å². The summed E-state index contributed by atoms with van der Waals surface area (Å²) in [6, 6.07) is 1.93. The number of fused-ring (bicyclic) bond motifs is 1. The Balaban J connectivity index is 2.98. The second-order valence-corrected chi connectivity index (χ2v) is 2.36. The fraction of sp³-hybridized carbons (Fsp3) is 0.143. The SMILES string of the molecule is Cn1cc(O)c2[nH]ccc21. The average Bonchev–Trinajstić information content (AvgIpc) is 2.39. The zero-order chi connectivity index (χ0) is 7.14. The first-order valence-electron chi connectivity index (χ1n) is 3.10. The summed E-state index contributed by atoms with van der Waals surface area (Å²) < 4.78 is 1.88. The van der Waals surface area contributed by atoms with E-state index in [-0.39, 0.29) is 0 Å². The van der Waals surface area contributed by atoms with Crippen molar-refractivity contribution in [1.82, 2.24) is 9.55 Å². The van der Waals surface area contributed by atoms with Crippen LogP contribution in [0, 0.1) is 0 Å². The van der Waals surface area contributed by atoms with E-state index in [2.05, 4.69) is 4.98 Å². The molecule has 0 saturated heterocycles. The van der Waals surface area contributed by atoms with Crippen molar-refractivity contribution in [2.75, 3.05) is 0 Å². The highest BCUT2D eigenvalue weighted by molar-refractivity contribution is 5.82. The van der Waals surface area contributed by atoms with Crippen LogP contribution in [0.15, 0.2) is 18.5 Å². The molecule has 3 heteroatoms. The molecule has 0 radical (unpaired) electrons. The van der Waals surface area contributed by atoms with Crippen molar-refractivity contribution >= 4 is 11.0 Å². The summed E-state index contributed by atoms with van der Waals surface area (Å²) in [5, 5.41) is 9.23. The van der Waals surface area contributed by atoms with Gasteiger partial charge in [-0.3, -0.25) is 0 Å². The molecule has 0 fully saturated rings. The second-order valence-electron chi connectivity index (χ2n) is 2.36. The van der Waals surface area contributed by atoms with Crippen molar-refractivity contribution in [2.45, 2.75) is 0 Å². The number of aromatic amines is 1. The van der Waals surface area contributed by atoms with Crippen LogP contribution in [0.4, 0.5) is 0 Å². The van der Waals surface area contributed by atoms with Gasteiger partial charge in [0.25, 0.3) is 0 Å². The Hall–Kier alpha value is -1.38. The highest BCUT2D eigenvalue weighted by atomic mass is 16.3. The Bertz CT molecular complexity index is 327. The molecule has 3 nitrogen and oxygen atoms in total. The molecule has 10 heavy (non-hydrogen) atoms. The smallest absolute Gasteiger partial charge is 0.157 e. The minimum absolute atomic E-state index is 0.308. The van der Waals surface area contributed by atoms with Gasteiger partial charge in [-0.25, -0.2) is 0 Å². The Morgan fingerprint density at radius 2 is 2.40 bits per heavy atom. The van der Waals surface area contributed by atoms with Crippen molar-refractivity contribution < 1.29 is 5.11 Å². The fourth-order valence-corrected chi connectivity index (χ4v) is 1.18. The van der Waals surface area contributed by atoms with Crippen LogP contribution >= 0.6 is 0 Å². The quantitative estimate of drug-likeness (QED) is 0.561. The number of nitrogens with one attached hydrogen (secondary N) is 1. The minimum atomic E-state index is 0.308. The van der Waals surface area contributed by atoms with Crippen molar-refractivity contribution in [2.24, 2.45) is 7.05 Å². The molecular formula is C7H8N2O. The number of aromatic hydroxyl groups is 1. The molecule has 0 saturated carbocycles. The topological polar surface area (TPSA) is 41.0 Å².